The van der Waals surface area contributed by atoms with Crippen molar-refractivity contribution >= 4 is 16.7 Å². The Hall–Kier alpha value is -2.46. The third-order valence-electron chi connectivity index (χ3n) is 7.13. The maximum Gasteiger partial charge on any atom is 0.166 e. The predicted octanol–water partition coefficient (Wildman–Crippen LogP) is 6.75. The average molecular weight is 449 g/mol. The molecule has 33 heavy (non-hydrogen) atoms. The minimum atomic E-state index is -0.457. The number of hydrogen-bond donors (Lipinski definition) is 1. The van der Waals surface area contributed by atoms with E-state index < -0.39 is 5.60 Å². The van der Waals surface area contributed by atoms with Crippen molar-refractivity contribution in [3.05, 3.63) is 53.2 Å². The first-order valence-electron chi connectivity index (χ1n) is 12.3. The van der Waals surface area contributed by atoms with Crippen molar-refractivity contribution in [2.45, 2.75) is 73.3 Å². The highest BCUT2D eigenvalue weighted by atomic mass is 16.3. The number of hydrogen-bond acceptors (Lipinski definition) is 3. The molecule has 0 aliphatic heterocycles. The summed E-state index contributed by atoms with van der Waals surface area (Å²) >= 11 is 0. The van der Waals surface area contributed by atoms with Gasteiger partial charge >= 0.3 is 0 Å². The summed E-state index contributed by atoms with van der Waals surface area (Å²) in [6.45, 7) is 14.1. The Kier molecular flexibility index (Phi) is 7.48. The van der Waals surface area contributed by atoms with Crippen LogP contribution >= 0.6 is 0 Å². The molecule has 1 aliphatic rings. The summed E-state index contributed by atoms with van der Waals surface area (Å²) in [7, 11) is 1.95. The van der Waals surface area contributed by atoms with E-state index >= 15 is 0 Å². The average Bonchev–Trinajstić information content (AvgIpc) is 3.55. The maximum atomic E-state index is 12.9. The molecule has 0 spiro atoms. The molecule has 4 nitrogen and oxygen atoms in total. The van der Waals surface area contributed by atoms with E-state index in [9.17, 15) is 9.90 Å². The molecule has 1 fully saturated rings. The minimum absolute atomic E-state index is 0.0149. The fourth-order valence-corrected chi connectivity index (χ4v) is 4.47. The molecule has 0 bridgehead atoms. The fourth-order valence-electron chi connectivity index (χ4n) is 4.47. The molecule has 3 aromatic rings. The van der Waals surface area contributed by atoms with Gasteiger partial charge in [0.25, 0.3) is 0 Å². The fraction of sp³-hybridized carbons (Fsp3) is 0.517. The van der Waals surface area contributed by atoms with Gasteiger partial charge in [0.2, 0.25) is 0 Å². The standard InChI is InChI=1S/C21H24N2O.C8H16O/c1-6-15-8-7-9-17(20(15)21(24)13(2)3)18-11-16-12-22-23(5)19(16)10-14(18)4;1-6(7-4-5-7)8(2,3)9/h7-13H,6H2,1-5H3;6-7,9H,4-5H2,1-3H3. The van der Waals surface area contributed by atoms with E-state index in [1.807, 2.05) is 45.6 Å². The number of ketones is 1. The van der Waals surface area contributed by atoms with E-state index in [-0.39, 0.29) is 11.7 Å². The summed E-state index contributed by atoms with van der Waals surface area (Å²) < 4.78 is 1.88. The summed E-state index contributed by atoms with van der Waals surface area (Å²) in [6.07, 6.45) is 5.39. The molecular formula is C29H40N2O2. The van der Waals surface area contributed by atoms with Crippen LogP contribution in [0.4, 0.5) is 0 Å². The first-order chi connectivity index (χ1) is 15.5. The topological polar surface area (TPSA) is 55.1 Å². The van der Waals surface area contributed by atoms with Crippen molar-refractivity contribution in [2.75, 3.05) is 0 Å². The molecular weight excluding hydrogens is 408 g/mol. The molecule has 4 heteroatoms. The van der Waals surface area contributed by atoms with Gasteiger partial charge < -0.3 is 5.11 Å². The molecule has 1 aromatic heterocycles. The Bertz CT molecular complexity index is 1130. The van der Waals surface area contributed by atoms with Gasteiger partial charge in [0.15, 0.2) is 5.78 Å². The zero-order valence-corrected chi connectivity index (χ0v) is 21.6. The van der Waals surface area contributed by atoms with Crippen molar-refractivity contribution in [2.24, 2.45) is 24.8 Å². The Balaban J connectivity index is 0.000000286. The largest absolute Gasteiger partial charge is 0.390 e. The van der Waals surface area contributed by atoms with E-state index in [1.165, 1.54) is 12.8 Å². The molecule has 1 heterocycles. The lowest BCUT2D eigenvalue weighted by Crippen LogP contribution is -2.29. The molecule has 0 saturated heterocycles. The second-order valence-corrected chi connectivity index (χ2v) is 10.5. The second-order valence-electron chi connectivity index (χ2n) is 10.5. The molecule has 1 N–H and O–H groups in total. The molecule has 1 unspecified atom stereocenters. The van der Waals surface area contributed by atoms with Crippen molar-refractivity contribution in [1.82, 2.24) is 9.78 Å². The Morgan fingerprint density at radius 2 is 1.85 bits per heavy atom. The molecule has 2 aromatic carbocycles. The van der Waals surface area contributed by atoms with E-state index in [4.69, 9.17) is 0 Å². The normalized spacial score (nSPS) is 14.8. The van der Waals surface area contributed by atoms with E-state index in [0.717, 1.165) is 51.1 Å². The highest BCUT2D eigenvalue weighted by Crippen LogP contribution is 2.41. The van der Waals surface area contributed by atoms with Crippen molar-refractivity contribution in [3.63, 3.8) is 0 Å². The van der Waals surface area contributed by atoms with Crippen molar-refractivity contribution in [1.29, 1.82) is 0 Å². The first kappa shape index (κ1) is 25.2. The number of carbonyl (C=O) groups is 1. The first-order valence-corrected chi connectivity index (χ1v) is 12.3. The van der Waals surface area contributed by atoms with Crippen LogP contribution < -0.4 is 0 Å². The molecule has 4 rings (SSSR count). The van der Waals surface area contributed by atoms with E-state index in [2.05, 4.69) is 56.2 Å². The Morgan fingerprint density at radius 3 is 2.36 bits per heavy atom. The molecule has 1 atom stereocenters. The molecule has 0 amide bonds. The van der Waals surface area contributed by atoms with Crippen LogP contribution in [0.3, 0.4) is 0 Å². The predicted molar refractivity (Wildman–Crippen MR) is 138 cm³/mol. The van der Waals surface area contributed by atoms with Crippen LogP contribution in [-0.2, 0) is 13.5 Å². The van der Waals surface area contributed by atoms with E-state index in [1.54, 1.807) is 0 Å². The van der Waals surface area contributed by atoms with E-state index in [0.29, 0.717) is 5.92 Å². The van der Waals surface area contributed by atoms with Gasteiger partial charge in [-0.3, -0.25) is 9.48 Å². The number of nitrogens with zero attached hydrogens (tertiary/aromatic N) is 2. The highest BCUT2D eigenvalue weighted by molar-refractivity contribution is 6.05. The van der Waals surface area contributed by atoms with Gasteiger partial charge in [-0.25, -0.2) is 0 Å². The summed E-state index contributed by atoms with van der Waals surface area (Å²) in [5.74, 6) is 1.49. The van der Waals surface area contributed by atoms with Crippen LogP contribution in [0.5, 0.6) is 0 Å². The number of aromatic nitrogens is 2. The lowest BCUT2D eigenvalue weighted by atomic mass is 9.86. The van der Waals surface area contributed by atoms with Gasteiger partial charge in [-0.05, 0) is 86.3 Å². The minimum Gasteiger partial charge on any atom is -0.390 e. The van der Waals surface area contributed by atoms with Crippen LogP contribution in [0, 0.1) is 24.7 Å². The number of aryl methyl sites for hydroxylation is 3. The number of fused-ring (bicyclic) bond motifs is 1. The van der Waals surface area contributed by atoms with Gasteiger partial charge in [0, 0.05) is 23.9 Å². The number of carbonyl (C=O) groups excluding carboxylic acids is 1. The molecule has 178 valence electrons. The lowest BCUT2D eigenvalue weighted by Gasteiger charge is -2.25. The summed E-state index contributed by atoms with van der Waals surface area (Å²) in [6, 6.07) is 10.5. The lowest BCUT2D eigenvalue weighted by molar-refractivity contribution is 0.0155. The van der Waals surface area contributed by atoms with Crippen LogP contribution in [-0.4, -0.2) is 26.3 Å². The monoisotopic (exact) mass is 448 g/mol. The van der Waals surface area contributed by atoms with Gasteiger partial charge in [-0.2, -0.15) is 5.10 Å². The summed E-state index contributed by atoms with van der Waals surface area (Å²) in [5, 5.41) is 14.9. The van der Waals surface area contributed by atoms with Gasteiger partial charge in [0.1, 0.15) is 0 Å². The van der Waals surface area contributed by atoms with Gasteiger partial charge in [0.05, 0.1) is 17.3 Å². The van der Waals surface area contributed by atoms with Crippen LogP contribution in [0.2, 0.25) is 0 Å². The highest BCUT2D eigenvalue weighted by Gasteiger charge is 2.36. The number of Topliss-reactive ketones (excluding diaryl/α,β-unsaturated/α-hetero) is 1. The van der Waals surface area contributed by atoms with Crippen LogP contribution in [0.25, 0.3) is 22.0 Å². The van der Waals surface area contributed by atoms with Crippen LogP contribution in [0.1, 0.15) is 75.9 Å². The van der Waals surface area contributed by atoms with Crippen molar-refractivity contribution < 1.29 is 9.90 Å². The maximum absolute atomic E-state index is 12.9. The molecule has 0 radical (unpaired) electrons. The third-order valence-corrected chi connectivity index (χ3v) is 7.13. The molecule has 1 aliphatic carbocycles. The Labute approximate surface area is 199 Å². The number of aliphatic hydroxyl groups is 1. The second kappa shape index (κ2) is 9.80. The summed E-state index contributed by atoms with van der Waals surface area (Å²) in [5.41, 5.74) is 5.97. The number of benzene rings is 2. The Morgan fingerprint density at radius 1 is 1.18 bits per heavy atom. The van der Waals surface area contributed by atoms with Crippen molar-refractivity contribution in [3.8, 4) is 11.1 Å². The van der Waals surface area contributed by atoms with Crippen LogP contribution in [0.15, 0.2) is 36.5 Å². The number of rotatable bonds is 6. The zero-order valence-electron chi connectivity index (χ0n) is 21.6. The summed E-state index contributed by atoms with van der Waals surface area (Å²) in [4.78, 5) is 12.9. The zero-order chi connectivity index (χ0) is 24.5. The molecule has 1 saturated carbocycles. The third kappa shape index (κ3) is 5.55. The SMILES string of the molecule is CC(C1CC1)C(C)(C)O.CCc1cccc(-c2cc3cnn(C)c3cc2C)c1C(=O)C(C)C. The van der Waals surface area contributed by atoms with Gasteiger partial charge in [-0.1, -0.05) is 45.9 Å². The quantitative estimate of drug-likeness (QED) is 0.424. The van der Waals surface area contributed by atoms with Gasteiger partial charge in [-0.15, -0.1) is 0 Å². The smallest absolute Gasteiger partial charge is 0.166 e.